The predicted molar refractivity (Wildman–Crippen MR) is 112 cm³/mol. The van der Waals surface area contributed by atoms with Crippen LogP contribution in [0.25, 0.3) is 0 Å². The molecular formula is C23H25ClN2O2. The molecule has 2 aromatic carbocycles. The lowest BCUT2D eigenvalue weighted by molar-refractivity contribution is 0.0690. The third kappa shape index (κ3) is 4.39. The number of hydrogen-bond acceptors (Lipinski definition) is 3. The zero-order chi connectivity index (χ0) is 19.5. The second kappa shape index (κ2) is 8.36. The van der Waals surface area contributed by atoms with Crippen LogP contribution in [0.1, 0.15) is 41.3 Å². The van der Waals surface area contributed by atoms with Gasteiger partial charge < -0.3 is 9.64 Å². The molecule has 146 valence electrons. The molecule has 0 saturated carbocycles. The van der Waals surface area contributed by atoms with Crippen molar-refractivity contribution in [3.8, 4) is 0 Å². The molecule has 1 amide bonds. The number of carbonyl (C=O) groups is 1. The van der Waals surface area contributed by atoms with Crippen molar-refractivity contribution in [2.45, 2.75) is 32.2 Å². The Kier molecular flexibility index (Phi) is 5.67. The van der Waals surface area contributed by atoms with Gasteiger partial charge in [0.05, 0.1) is 6.04 Å². The van der Waals surface area contributed by atoms with Crippen LogP contribution in [0.4, 0.5) is 0 Å². The highest BCUT2D eigenvalue weighted by atomic mass is 35.5. The summed E-state index contributed by atoms with van der Waals surface area (Å²) in [5.41, 5.74) is 3.10. The topological polar surface area (TPSA) is 41.9 Å². The minimum absolute atomic E-state index is 0.103. The van der Waals surface area contributed by atoms with Gasteiger partial charge in [0.2, 0.25) is 5.90 Å². The molecule has 4 rings (SSSR count). The number of amides is 1. The van der Waals surface area contributed by atoms with E-state index in [-0.39, 0.29) is 11.9 Å². The second-order valence-corrected chi connectivity index (χ2v) is 8.17. The smallest absolute Gasteiger partial charge is 0.253 e. The van der Waals surface area contributed by atoms with E-state index in [0.717, 1.165) is 43.8 Å². The van der Waals surface area contributed by atoms with Crippen molar-refractivity contribution in [2.24, 2.45) is 10.9 Å². The number of carbonyl (C=O) groups excluding carboxylic acids is 1. The van der Waals surface area contributed by atoms with Gasteiger partial charge in [-0.1, -0.05) is 23.7 Å². The van der Waals surface area contributed by atoms with Gasteiger partial charge in [-0.25, -0.2) is 4.99 Å². The van der Waals surface area contributed by atoms with E-state index in [4.69, 9.17) is 16.3 Å². The molecule has 0 radical (unpaired) electrons. The maximum Gasteiger partial charge on any atom is 0.253 e. The van der Waals surface area contributed by atoms with E-state index in [1.807, 2.05) is 4.90 Å². The summed E-state index contributed by atoms with van der Waals surface area (Å²) in [5, 5.41) is 0.655. The average Bonchev–Trinajstić information content (AvgIpc) is 3.15. The zero-order valence-electron chi connectivity index (χ0n) is 16.1. The summed E-state index contributed by atoms with van der Waals surface area (Å²) >= 11 is 5.91. The third-order valence-corrected chi connectivity index (χ3v) is 5.77. The molecule has 0 aromatic heterocycles. The Morgan fingerprint density at radius 2 is 1.79 bits per heavy atom. The number of aliphatic imine (C=N–C) groups is 1. The summed E-state index contributed by atoms with van der Waals surface area (Å²) in [6.45, 7) is 4.36. The first-order chi connectivity index (χ1) is 13.6. The van der Waals surface area contributed by atoms with Crippen molar-refractivity contribution in [3.63, 3.8) is 0 Å². The van der Waals surface area contributed by atoms with Gasteiger partial charge in [0.25, 0.3) is 5.91 Å². The summed E-state index contributed by atoms with van der Waals surface area (Å²) in [5.74, 6) is 1.47. The number of halogens is 1. The lowest BCUT2D eigenvalue weighted by Crippen LogP contribution is -2.38. The summed E-state index contributed by atoms with van der Waals surface area (Å²) in [6, 6.07) is 16.0. The standard InChI is InChI=1S/C23H25ClN2O2/c1-16-15-28-22(25-16)19-4-2-17(3-5-19)14-18-10-12-26(13-11-18)23(27)20-6-8-21(24)9-7-20/h2-9,16,18H,10-15H2,1H3/t16-/m0/s1. The largest absolute Gasteiger partial charge is 0.475 e. The molecule has 2 aliphatic heterocycles. The number of piperidine rings is 1. The molecule has 0 spiro atoms. The molecule has 2 aromatic rings. The van der Waals surface area contributed by atoms with Crippen LogP contribution in [0.15, 0.2) is 53.5 Å². The van der Waals surface area contributed by atoms with Crippen LogP contribution < -0.4 is 0 Å². The quantitative estimate of drug-likeness (QED) is 0.757. The van der Waals surface area contributed by atoms with Crippen LogP contribution >= 0.6 is 11.6 Å². The van der Waals surface area contributed by atoms with Gasteiger partial charge in [0.1, 0.15) is 6.61 Å². The summed E-state index contributed by atoms with van der Waals surface area (Å²) in [7, 11) is 0. The maximum atomic E-state index is 12.6. The van der Waals surface area contributed by atoms with Crippen molar-refractivity contribution in [3.05, 3.63) is 70.2 Å². The molecule has 4 nitrogen and oxygen atoms in total. The monoisotopic (exact) mass is 396 g/mol. The Balaban J connectivity index is 1.30. The van der Waals surface area contributed by atoms with E-state index in [1.54, 1.807) is 24.3 Å². The predicted octanol–water partition coefficient (Wildman–Crippen LogP) is 4.60. The van der Waals surface area contributed by atoms with E-state index >= 15 is 0 Å². The first-order valence-electron chi connectivity index (χ1n) is 9.93. The summed E-state index contributed by atoms with van der Waals surface area (Å²) < 4.78 is 5.62. The second-order valence-electron chi connectivity index (χ2n) is 7.74. The third-order valence-electron chi connectivity index (χ3n) is 5.52. The van der Waals surface area contributed by atoms with E-state index in [2.05, 4.69) is 36.2 Å². The van der Waals surface area contributed by atoms with Gasteiger partial charge in [-0.05, 0) is 74.1 Å². The van der Waals surface area contributed by atoms with Gasteiger partial charge in [-0.2, -0.15) is 0 Å². The van der Waals surface area contributed by atoms with Crippen LogP contribution in [0.3, 0.4) is 0 Å². The number of rotatable bonds is 4. The highest BCUT2D eigenvalue weighted by molar-refractivity contribution is 6.30. The Hall–Kier alpha value is -2.33. The van der Waals surface area contributed by atoms with Crippen molar-refractivity contribution in [1.29, 1.82) is 0 Å². The lowest BCUT2D eigenvalue weighted by atomic mass is 9.89. The van der Waals surface area contributed by atoms with Crippen LogP contribution in [0.2, 0.25) is 5.02 Å². The van der Waals surface area contributed by atoms with Crippen molar-refractivity contribution < 1.29 is 9.53 Å². The molecule has 0 N–H and O–H groups in total. The fourth-order valence-corrected chi connectivity index (χ4v) is 3.99. The fourth-order valence-electron chi connectivity index (χ4n) is 3.86. The van der Waals surface area contributed by atoms with Crippen LogP contribution in [-0.4, -0.2) is 42.4 Å². The minimum Gasteiger partial charge on any atom is -0.475 e. The number of hydrogen-bond donors (Lipinski definition) is 0. The highest BCUT2D eigenvalue weighted by Crippen LogP contribution is 2.24. The molecule has 0 bridgehead atoms. The molecule has 28 heavy (non-hydrogen) atoms. The van der Waals surface area contributed by atoms with E-state index < -0.39 is 0 Å². The molecule has 2 aliphatic rings. The number of nitrogens with zero attached hydrogens (tertiary/aromatic N) is 2. The molecule has 1 fully saturated rings. The van der Waals surface area contributed by atoms with Crippen molar-refractivity contribution >= 4 is 23.4 Å². The molecule has 5 heteroatoms. The Morgan fingerprint density at radius 3 is 2.39 bits per heavy atom. The lowest BCUT2D eigenvalue weighted by Gasteiger charge is -2.32. The van der Waals surface area contributed by atoms with E-state index in [1.165, 1.54) is 5.56 Å². The number of benzene rings is 2. The molecular weight excluding hydrogens is 372 g/mol. The number of likely N-dealkylation sites (tertiary alicyclic amines) is 1. The average molecular weight is 397 g/mol. The maximum absolute atomic E-state index is 12.6. The molecule has 1 atom stereocenters. The van der Waals surface area contributed by atoms with Crippen molar-refractivity contribution in [1.82, 2.24) is 4.90 Å². The van der Waals surface area contributed by atoms with Crippen molar-refractivity contribution in [2.75, 3.05) is 19.7 Å². The Bertz CT molecular complexity index is 853. The molecule has 0 unspecified atom stereocenters. The van der Waals surface area contributed by atoms with Crippen LogP contribution in [0, 0.1) is 5.92 Å². The van der Waals surface area contributed by atoms with E-state index in [9.17, 15) is 4.79 Å². The fraction of sp³-hybridized carbons (Fsp3) is 0.391. The van der Waals surface area contributed by atoms with E-state index in [0.29, 0.717) is 23.1 Å². The summed E-state index contributed by atoms with van der Waals surface area (Å²) in [4.78, 5) is 19.1. The first kappa shape index (κ1) is 19.0. The van der Waals surface area contributed by atoms with Crippen LogP contribution in [0.5, 0.6) is 0 Å². The van der Waals surface area contributed by atoms with Gasteiger partial charge in [0, 0.05) is 29.2 Å². The normalized spacial score (nSPS) is 20.0. The molecule has 2 heterocycles. The number of ether oxygens (including phenoxy) is 1. The molecule has 0 aliphatic carbocycles. The SMILES string of the molecule is C[C@H]1COC(c2ccc(CC3CCN(C(=O)c4ccc(Cl)cc4)CC3)cc2)=N1. The summed E-state index contributed by atoms with van der Waals surface area (Å²) in [6.07, 6.45) is 3.12. The van der Waals surface area contributed by atoms with Crippen LogP contribution in [-0.2, 0) is 11.2 Å². The first-order valence-corrected chi connectivity index (χ1v) is 10.3. The van der Waals surface area contributed by atoms with Gasteiger partial charge in [-0.3, -0.25) is 4.79 Å². The zero-order valence-corrected chi connectivity index (χ0v) is 16.9. The van der Waals surface area contributed by atoms with Gasteiger partial charge in [0.15, 0.2) is 0 Å². The van der Waals surface area contributed by atoms with Gasteiger partial charge in [-0.15, -0.1) is 0 Å². The van der Waals surface area contributed by atoms with Gasteiger partial charge >= 0.3 is 0 Å². The Morgan fingerprint density at radius 1 is 1.11 bits per heavy atom. The Labute approximate surface area is 171 Å². The molecule has 1 saturated heterocycles. The highest BCUT2D eigenvalue weighted by Gasteiger charge is 2.24. The minimum atomic E-state index is 0.103.